The Kier molecular flexibility index (Phi) is 6.52. The summed E-state index contributed by atoms with van der Waals surface area (Å²) in [6, 6.07) is 16.9. The van der Waals surface area contributed by atoms with Gasteiger partial charge >= 0.3 is 0 Å². The summed E-state index contributed by atoms with van der Waals surface area (Å²) in [5.74, 6) is 1.49. The molecule has 2 rings (SSSR count). The molecule has 0 aliphatic carbocycles. The van der Waals surface area contributed by atoms with E-state index in [0.717, 1.165) is 25.3 Å². The Bertz CT molecular complexity index is 590. The van der Waals surface area contributed by atoms with Crippen molar-refractivity contribution >= 4 is 5.69 Å². The second-order valence-corrected chi connectivity index (χ2v) is 5.98. The lowest BCUT2D eigenvalue weighted by molar-refractivity contribution is 0.306. The number of anilines is 1. The number of hydrogen-bond acceptors (Lipinski definition) is 2. The van der Waals surface area contributed by atoms with E-state index in [1.165, 1.54) is 16.8 Å². The van der Waals surface area contributed by atoms with Crippen molar-refractivity contribution in [2.24, 2.45) is 0 Å². The fraction of sp³-hybridized carbons (Fsp3) is 0.429. The zero-order valence-electron chi connectivity index (χ0n) is 14.9. The maximum atomic E-state index is 6.01. The van der Waals surface area contributed by atoms with Crippen LogP contribution in [0, 0.1) is 0 Å². The van der Waals surface area contributed by atoms with Gasteiger partial charge in [0.25, 0.3) is 0 Å². The molecule has 2 aromatic rings. The van der Waals surface area contributed by atoms with E-state index >= 15 is 0 Å². The Morgan fingerprint density at radius 1 is 0.957 bits per heavy atom. The minimum atomic E-state index is 0.533. The molecule has 2 nitrogen and oxygen atoms in total. The van der Waals surface area contributed by atoms with Crippen molar-refractivity contribution in [2.75, 3.05) is 18.0 Å². The van der Waals surface area contributed by atoms with E-state index in [1.54, 1.807) is 0 Å². The first-order valence-corrected chi connectivity index (χ1v) is 8.75. The Hall–Kier alpha value is -1.96. The maximum Gasteiger partial charge on any atom is 0.120 e. The minimum Gasteiger partial charge on any atom is -0.489 e. The summed E-state index contributed by atoms with van der Waals surface area (Å²) < 4.78 is 6.01. The molecule has 124 valence electrons. The predicted octanol–water partition coefficient (Wildman–Crippen LogP) is 5.63. The molecule has 0 spiro atoms. The van der Waals surface area contributed by atoms with Crippen molar-refractivity contribution < 1.29 is 4.74 Å². The van der Waals surface area contributed by atoms with Gasteiger partial charge in [-0.05, 0) is 55.5 Å². The predicted molar refractivity (Wildman–Crippen MR) is 99.5 cm³/mol. The van der Waals surface area contributed by atoms with Crippen LogP contribution in [0.3, 0.4) is 0 Å². The Labute approximate surface area is 141 Å². The summed E-state index contributed by atoms with van der Waals surface area (Å²) in [4.78, 5) is 2.42. The van der Waals surface area contributed by atoms with Crippen LogP contribution in [0.2, 0.25) is 0 Å². The topological polar surface area (TPSA) is 12.5 Å². The summed E-state index contributed by atoms with van der Waals surface area (Å²) in [6.45, 7) is 11.6. The largest absolute Gasteiger partial charge is 0.489 e. The van der Waals surface area contributed by atoms with Crippen LogP contribution in [0.1, 0.15) is 51.2 Å². The third-order valence-corrected chi connectivity index (χ3v) is 4.49. The molecule has 0 bridgehead atoms. The molecule has 0 saturated carbocycles. The molecule has 1 unspecified atom stereocenters. The van der Waals surface area contributed by atoms with Crippen molar-refractivity contribution in [3.63, 3.8) is 0 Å². The third kappa shape index (κ3) is 4.51. The van der Waals surface area contributed by atoms with Gasteiger partial charge in [-0.15, -0.1) is 0 Å². The monoisotopic (exact) mass is 311 g/mol. The molecule has 0 N–H and O–H groups in total. The van der Waals surface area contributed by atoms with Gasteiger partial charge in [-0.2, -0.15) is 0 Å². The van der Waals surface area contributed by atoms with Crippen molar-refractivity contribution in [1.82, 2.24) is 0 Å². The van der Waals surface area contributed by atoms with Crippen LogP contribution >= 0.6 is 0 Å². The van der Waals surface area contributed by atoms with Crippen molar-refractivity contribution in [1.29, 1.82) is 0 Å². The van der Waals surface area contributed by atoms with E-state index in [4.69, 9.17) is 4.74 Å². The lowest BCUT2D eigenvalue weighted by Gasteiger charge is -2.27. The first kappa shape index (κ1) is 17.4. The van der Waals surface area contributed by atoms with E-state index in [9.17, 15) is 0 Å². The highest BCUT2D eigenvalue weighted by molar-refractivity contribution is 5.57. The Morgan fingerprint density at radius 3 is 2.26 bits per heavy atom. The summed E-state index contributed by atoms with van der Waals surface area (Å²) >= 11 is 0. The Morgan fingerprint density at radius 2 is 1.65 bits per heavy atom. The lowest BCUT2D eigenvalue weighted by atomic mass is 9.96. The molecule has 0 radical (unpaired) electrons. The van der Waals surface area contributed by atoms with Crippen LogP contribution in [0.25, 0.3) is 0 Å². The first-order chi connectivity index (χ1) is 11.2. The molecule has 0 aliphatic heterocycles. The molecule has 0 fully saturated rings. The zero-order valence-corrected chi connectivity index (χ0v) is 14.9. The van der Waals surface area contributed by atoms with E-state index in [-0.39, 0.29) is 0 Å². The van der Waals surface area contributed by atoms with Crippen LogP contribution in [-0.2, 0) is 6.61 Å². The highest BCUT2D eigenvalue weighted by atomic mass is 16.5. The van der Waals surface area contributed by atoms with Crippen LogP contribution in [0.15, 0.2) is 48.5 Å². The summed E-state index contributed by atoms with van der Waals surface area (Å²) in [7, 11) is 0. The standard InChI is InChI=1S/C21H29NO/c1-5-17(4)20-15-19(13-14-21(20)22(6-2)7-3)23-16-18-11-9-8-10-12-18/h8-15,17H,5-7,16H2,1-4H3. The molecule has 0 aliphatic rings. The quantitative estimate of drug-likeness (QED) is 0.627. The van der Waals surface area contributed by atoms with Crippen LogP contribution < -0.4 is 9.64 Å². The number of hydrogen-bond donors (Lipinski definition) is 0. The molecule has 0 heterocycles. The molecule has 0 saturated heterocycles. The zero-order chi connectivity index (χ0) is 16.7. The van der Waals surface area contributed by atoms with E-state index in [2.05, 4.69) is 62.9 Å². The van der Waals surface area contributed by atoms with Gasteiger partial charge in [-0.3, -0.25) is 0 Å². The molecule has 2 aromatic carbocycles. The van der Waals surface area contributed by atoms with Gasteiger partial charge in [0.2, 0.25) is 0 Å². The number of rotatable bonds is 8. The highest BCUT2D eigenvalue weighted by Crippen LogP contribution is 2.33. The van der Waals surface area contributed by atoms with E-state index in [1.807, 2.05) is 18.2 Å². The molecular formula is C21H29NO. The lowest BCUT2D eigenvalue weighted by Crippen LogP contribution is -2.23. The smallest absolute Gasteiger partial charge is 0.120 e. The molecule has 0 aromatic heterocycles. The molecule has 0 amide bonds. The van der Waals surface area contributed by atoms with Gasteiger partial charge in [0, 0.05) is 18.8 Å². The van der Waals surface area contributed by atoms with Crippen LogP contribution in [-0.4, -0.2) is 13.1 Å². The third-order valence-electron chi connectivity index (χ3n) is 4.49. The summed E-state index contributed by atoms with van der Waals surface area (Å²) in [5.41, 5.74) is 3.93. The number of benzene rings is 2. The fourth-order valence-electron chi connectivity index (χ4n) is 2.83. The molecule has 2 heteroatoms. The van der Waals surface area contributed by atoms with Crippen molar-refractivity contribution in [3.8, 4) is 5.75 Å². The van der Waals surface area contributed by atoms with Gasteiger partial charge in [-0.1, -0.05) is 44.2 Å². The normalized spacial score (nSPS) is 12.0. The second kappa shape index (κ2) is 8.61. The summed E-state index contributed by atoms with van der Waals surface area (Å²) in [6.07, 6.45) is 1.14. The van der Waals surface area contributed by atoms with E-state index < -0.39 is 0 Å². The minimum absolute atomic E-state index is 0.533. The Balaban J connectivity index is 2.21. The van der Waals surface area contributed by atoms with Gasteiger partial charge in [0.1, 0.15) is 12.4 Å². The molecule has 1 atom stereocenters. The van der Waals surface area contributed by atoms with Crippen LogP contribution in [0.5, 0.6) is 5.75 Å². The average Bonchev–Trinajstić information content (AvgIpc) is 2.61. The van der Waals surface area contributed by atoms with Gasteiger partial charge in [-0.25, -0.2) is 0 Å². The van der Waals surface area contributed by atoms with Crippen molar-refractivity contribution in [3.05, 3.63) is 59.7 Å². The van der Waals surface area contributed by atoms with Gasteiger partial charge in [0.05, 0.1) is 0 Å². The average molecular weight is 311 g/mol. The molecule has 23 heavy (non-hydrogen) atoms. The van der Waals surface area contributed by atoms with Gasteiger partial charge < -0.3 is 9.64 Å². The van der Waals surface area contributed by atoms with E-state index in [0.29, 0.717) is 12.5 Å². The first-order valence-electron chi connectivity index (χ1n) is 8.75. The number of nitrogens with zero attached hydrogens (tertiary/aromatic N) is 1. The fourth-order valence-corrected chi connectivity index (χ4v) is 2.83. The van der Waals surface area contributed by atoms with Crippen LogP contribution in [0.4, 0.5) is 5.69 Å². The van der Waals surface area contributed by atoms with Crippen molar-refractivity contribution in [2.45, 2.75) is 46.6 Å². The van der Waals surface area contributed by atoms with Gasteiger partial charge in [0.15, 0.2) is 0 Å². The maximum absolute atomic E-state index is 6.01. The number of ether oxygens (including phenoxy) is 1. The highest BCUT2D eigenvalue weighted by Gasteiger charge is 2.14. The second-order valence-electron chi connectivity index (χ2n) is 5.98. The SMILES string of the molecule is CCC(C)c1cc(OCc2ccccc2)ccc1N(CC)CC. The molecular weight excluding hydrogens is 282 g/mol. The summed E-state index contributed by atoms with van der Waals surface area (Å²) in [5, 5.41) is 0.